The van der Waals surface area contributed by atoms with E-state index < -0.39 is 0 Å². The number of anilines is 1. The molecule has 0 fully saturated rings. The van der Waals surface area contributed by atoms with Crippen molar-refractivity contribution in [3.05, 3.63) is 59.7 Å². The van der Waals surface area contributed by atoms with E-state index >= 15 is 0 Å². The molecule has 0 aromatic heterocycles. The summed E-state index contributed by atoms with van der Waals surface area (Å²) < 4.78 is 5.54. The van der Waals surface area contributed by atoms with Crippen molar-refractivity contribution in [3.8, 4) is 11.8 Å². The number of hydrogen-bond donors (Lipinski definition) is 1. The molecule has 0 radical (unpaired) electrons. The van der Waals surface area contributed by atoms with Gasteiger partial charge in [0.05, 0.1) is 18.2 Å². The van der Waals surface area contributed by atoms with Crippen LogP contribution in [0.15, 0.2) is 48.5 Å². The maximum absolute atomic E-state index is 8.75. The Morgan fingerprint density at radius 1 is 1.05 bits per heavy atom. The zero-order chi connectivity index (χ0) is 14.2. The molecule has 0 saturated heterocycles. The van der Waals surface area contributed by atoms with Crippen LogP contribution in [0.2, 0.25) is 0 Å². The number of hydrogen-bond acceptors (Lipinski definition) is 3. The summed E-state index contributed by atoms with van der Waals surface area (Å²) in [7, 11) is 0. The van der Waals surface area contributed by atoms with E-state index in [1.807, 2.05) is 48.5 Å². The number of nitrogens with one attached hydrogen (secondary N) is 1. The molecule has 0 atom stereocenters. The Bertz CT molecular complexity index is 567. The number of rotatable bonds is 6. The average molecular weight is 266 g/mol. The summed E-state index contributed by atoms with van der Waals surface area (Å²) in [6.07, 6.45) is 1.01. The van der Waals surface area contributed by atoms with E-state index in [0.717, 1.165) is 36.6 Å². The van der Waals surface area contributed by atoms with E-state index in [0.29, 0.717) is 5.56 Å². The molecule has 0 heterocycles. The van der Waals surface area contributed by atoms with E-state index in [4.69, 9.17) is 10.00 Å². The van der Waals surface area contributed by atoms with Crippen LogP contribution in [0.3, 0.4) is 0 Å². The highest BCUT2D eigenvalue weighted by Gasteiger charge is 1.97. The van der Waals surface area contributed by atoms with Gasteiger partial charge in [0.25, 0.3) is 0 Å². The Kier molecular flexibility index (Phi) is 5.02. The molecular formula is C17H18N2O. The molecule has 1 N–H and O–H groups in total. The monoisotopic (exact) mass is 266 g/mol. The number of ether oxygens (including phenoxy) is 1. The lowest BCUT2D eigenvalue weighted by Crippen LogP contribution is -1.99. The summed E-state index contributed by atoms with van der Waals surface area (Å²) in [5.41, 5.74) is 2.89. The number of benzene rings is 2. The first-order chi connectivity index (χ1) is 9.81. The summed E-state index contributed by atoms with van der Waals surface area (Å²) in [6.45, 7) is 3.58. The van der Waals surface area contributed by atoms with Gasteiger partial charge in [0, 0.05) is 12.2 Å². The number of nitriles is 1. The summed E-state index contributed by atoms with van der Waals surface area (Å²) in [5, 5.41) is 12.1. The molecule has 20 heavy (non-hydrogen) atoms. The SMILES string of the molecule is CCCOc1ccc(NCc2ccc(C#N)cc2)cc1. The minimum atomic E-state index is 0.686. The second-order valence-corrected chi connectivity index (χ2v) is 4.54. The van der Waals surface area contributed by atoms with Crippen molar-refractivity contribution < 1.29 is 4.74 Å². The molecule has 2 aromatic carbocycles. The zero-order valence-corrected chi connectivity index (χ0v) is 11.6. The summed E-state index contributed by atoms with van der Waals surface area (Å²) in [4.78, 5) is 0. The van der Waals surface area contributed by atoms with E-state index in [1.165, 1.54) is 0 Å². The van der Waals surface area contributed by atoms with Crippen LogP contribution in [0.5, 0.6) is 5.75 Å². The molecule has 3 heteroatoms. The summed E-state index contributed by atoms with van der Waals surface area (Å²) in [5.74, 6) is 0.899. The lowest BCUT2D eigenvalue weighted by atomic mass is 10.1. The second-order valence-electron chi connectivity index (χ2n) is 4.54. The summed E-state index contributed by atoms with van der Waals surface area (Å²) in [6, 6.07) is 17.7. The molecule has 0 unspecified atom stereocenters. The van der Waals surface area contributed by atoms with Gasteiger partial charge in [-0.05, 0) is 48.4 Å². The fourth-order valence-electron chi connectivity index (χ4n) is 1.79. The van der Waals surface area contributed by atoms with Crippen LogP contribution in [0.4, 0.5) is 5.69 Å². The molecule has 2 rings (SSSR count). The molecule has 0 bridgehead atoms. The van der Waals surface area contributed by atoms with Crippen molar-refractivity contribution in [2.45, 2.75) is 19.9 Å². The first-order valence-corrected chi connectivity index (χ1v) is 6.77. The smallest absolute Gasteiger partial charge is 0.119 e. The highest BCUT2D eigenvalue weighted by molar-refractivity contribution is 5.47. The Balaban J connectivity index is 1.88. The minimum absolute atomic E-state index is 0.686. The Hall–Kier alpha value is -2.47. The molecule has 0 saturated carbocycles. The number of nitrogens with zero attached hydrogens (tertiary/aromatic N) is 1. The van der Waals surface area contributed by atoms with E-state index in [-0.39, 0.29) is 0 Å². The van der Waals surface area contributed by atoms with Crippen molar-refractivity contribution >= 4 is 5.69 Å². The van der Waals surface area contributed by atoms with Gasteiger partial charge in [0.2, 0.25) is 0 Å². The Morgan fingerprint density at radius 2 is 1.75 bits per heavy atom. The van der Waals surface area contributed by atoms with Gasteiger partial charge in [-0.2, -0.15) is 5.26 Å². The third kappa shape index (κ3) is 4.03. The van der Waals surface area contributed by atoms with Crippen LogP contribution in [0, 0.1) is 11.3 Å². The minimum Gasteiger partial charge on any atom is -0.494 e. The van der Waals surface area contributed by atoms with Gasteiger partial charge >= 0.3 is 0 Å². The average Bonchev–Trinajstić information content (AvgIpc) is 2.52. The molecule has 0 aliphatic heterocycles. The molecule has 2 aromatic rings. The maximum atomic E-state index is 8.75. The first-order valence-electron chi connectivity index (χ1n) is 6.77. The molecule has 102 valence electrons. The van der Waals surface area contributed by atoms with Crippen LogP contribution in [-0.2, 0) is 6.54 Å². The van der Waals surface area contributed by atoms with Crippen molar-refractivity contribution in [1.82, 2.24) is 0 Å². The van der Waals surface area contributed by atoms with Gasteiger partial charge in [-0.1, -0.05) is 19.1 Å². The fourth-order valence-corrected chi connectivity index (χ4v) is 1.79. The quantitative estimate of drug-likeness (QED) is 0.860. The van der Waals surface area contributed by atoms with Crippen molar-refractivity contribution in [1.29, 1.82) is 5.26 Å². The molecule has 0 amide bonds. The van der Waals surface area contributed by atoms with Crippen LogP contribution in [0.25, 0.3) is 0 Å². The molecule has 0 aliphatic rings. The lowest BCUT2D eigenvalue weighted by molar-refractivity contribution is 0.317. The molecule has 0 aliphatic carbocycles. The third-order valence-corrected chi connectivity index (χ3v) is 2.91. The predicted octanol–water partition coefficient (Wildman–Crippen LogP) is 3.96. The van der Waals surface area contributed by atoms with Crippen molar-refractivity contribution in [2.24, 2.45) is 0 Å². The van der Waals surface area contributed by atoms with E-state index in [9.17, 15) is 0 Å². The topological polar surface area (TPSA) is 45.0 Å². The van der Waals surface area contributed by atoms with Gasteiger partial charge in [-0.15, -0.1) is 0 Å². The Morgan fingerprint density at radius 3 is 2.35 bits per heavy atom. The van der Waals surface area contributed by atoms with Crippen LogP contribution < -0.4 is 10.1 Å². The highest BCUT2D eigenvalue weighted by Crippen LogP contribution is 2.16. The van der Waals surface area contributed by atoms with Gasteiger partial charge in [-0.25, -0.2) is 0 Å². The predicted molar refractivity (Wildman–Crippen MR) is 80.7 cm³/mol. The Labute approximate surface area is 119 Å². The van der Waals surface area contributed by atoms with Gasteiger partial charge in [0.1, 0.15) is 5.75 Å². The molecular weight excluding hydrogens is 248 g/mol. The summed E-state index contributed by atoms with van der Waals surface area (Å²) >= 11 is 0. The van der Waals surface area contributed by atoms with Crippen LogP contribution in [-0.4, -0.2) is 6.61 Å². The fraction of sp³-hybridized carbons (Fsp3) is 0.235. The normalized spacial score (nSPS) is 9.80. The zero-order valence-electron chi connectivity index (χ0n) is 11.6. The molecule has 3 nitrogen and oxygen atoms in total. The highest BCUT2D eigenvalue weighted by atomic mass is 16.5. The van der Waals surface area contributed by atoms with Crippen molar-refractivity contribution in [3.63, 3.8) is 0 Å². The van der Waals surface area contributed by atoms with Gasteiger partial charge in [0.15, 0.2) is 0 Å². The van der Waals surface area contributed by atoms with Crippen molar-refractivity contribution in [2.75, 3.05) is 11.9 Å². The van der Waals surface area contributed by atoms with Crippen LogP contribution >= 0.6 is 0 Å². The van der Waals surface area contributed by atoms with Gasteiger partial charge in [-0.3, -0.25) is 0 Å². The van der Waals surface area contributed by atoms with Gasteiger partial charge < -0.3 is 10.1 Å². The third-order valence-electron chi connectivity index (χ3n) is 2.91. The van der Waals surface area contributed by atoms with E-state index in [2.05, 4.69) is 18.3 Å². The second kappa shape index (κ2) is 7.20. The maximum Gasteiger partial charge on any atom is 0.119 e. The molecule has 0 spiro atoms. The standard InChI is InChI=1S/C17H18N2O/c1-2-11-20-17-9-7-16(8-10-17)19-13-15-5-3-14(12-18)4-6-15/h3-10,19H,2,11,13H2,1H3. The lowest BCUT2D eigenvalue weighted by Gasteiger charge is -2.08. The van der Waals surface area contributed by atoms with Crippen LogP contribution in [0.1, 0.15) is 24.5 Å². The first kappa shape index (κ1) is 14.0. The largest absolute Gasteiger partial charge is 0.494 e. The van der Waals surface area contributed by atoms with E-state index in [1.54, 1.807) is 0 Å².